The van der Waals surface area contributed by atoms with Crippen LogP contribution >= 0.6 is 0 Å². The Bertz CT molecular complexity index is 551. The SMILES string of the molecule is CCCOc1ccc(C(N)Cc2ccccc2OC)cc1. The van der Waals surface area contributed by atoms with Gasteiger partial charge in [0.15, 0.2) is 0 Å². The Hall–Kier alpha value is -2.00. The molecule has 0 heterocycles. The minimum atomic E-state index is -0.0541. The van der Waals surface area contributed by atoms with Gasteiger partial charge in [-0.1, -0.05) is 37.3 Å². The Morgan fingerprint density at radius 1 is 1.05 bits per heavy atom. The van der Waals surface area contributed by atoms with Gasteiger partial charge in [-0.15, -0.1) is 0 Å². The third kappa shape index (κ3) is 4.23. The number of methoxy groups -OCH3 is 1. The van der Waals surface area contributed by atoms with Crippen LogP contribution in [0, 0.1) is 0 Å². The van der Waals surface area contributed by atoms with Crippen molar-refractivity contribution in [3.63, 3.8) is 0 Å². The Balaban J connectivity index is 2.04. The first kappa shape index (κ1) is 15.4. The van der Waals surface area contributed by atoms with Crippen molar-refractivity contribution in [3.05, 3.63) is 59.7 Å². The van der Waals surface area contributed by atoms with Gasteiger partial charge >= 0.3 is 0 Å². The molecular formula is C18H23NO2. The van der Waals surface area contributed by atoms with Crippen molar-refractivity contribution >= 4 is 0 Å². The molecule has 2 rings (SSSR count). The van der Waals surface area contributed by atoms with Crippen LogP contribution in [0.1, 0.15) is 30.5 Å². The van der Waals surface area contributed by atoms with E-state index in [0.29, 0.717) is 0 Å². The normalized spacial score (nSPS) is 12.0. The van der Waals surface area contributed by atoms with Crippen LogP contribution in [0.4, 0.5) is 0 Å². The lowest BCUT2D eigenvalue weighted by Crippen LogP contribution is -2.13. The summed E-state index contributed by atoms with van der Waals surface area (Å²) in [6, 6.07) is 16.0. The number of hydrogen-bond donors (Lipinski definition) is 1. The molecule has 0 aliphatic heterocycles. The highest BCUT2D eigenvalue weighted by Crippen LogP contribution is 2.24. The van der Waals surface area contributed by atoms with Gasteiger partial charge < -0.3 is 15.2 Å². The summed E-state index contributed by atoms with van der Waals surface area (Å²) in [6.45, 7) is 2.84. The maximum absolute atomic E-state index is 6.30. The van der Waals surface area contributed by atoms with Crippen LogP contribution in [0.25, 0.3) is 0 Å². The molecule has 3 heteroatoms. The van der Waals surface area contributed by atoms with Gasteiger partial charge in [0.25, 0.3) is 0 Å². The molecule has 3 nitrogen and oxygen atoms in total. The van der Waals surface area contributed by atoms with Crippen molar-refractivity contribution in [3.8, 4) is 11.5 Å². The van der Waals surface area contributed by atoms with Gasteiger partial charge in [-0.3, -0.25) is 0 Å². The molecule has 0 saturated carbocycles. The molecule has 0 fully saturated rings. The van der Waals surface area contributed by atoms with Gasteiger partial charge in [-0.25, -0.2) is 0 Å². The highest BCUT2D eigenvalue weighted by molar-refractivity contribution is 5.36. The summed E-state index contributed by atoms with van der Waals surface area (Å²) < 4.78 is 11.0. The quantitative estimate of drug-likeness (QED) is 0.843. The number of benzene rings is 2. The second-order valence-electron chi connectivity index (χ2n) is 5.04. The van der Waals surface area contributed by atoms with Crippen LogP contribution < -0.4 is 15.2 Å². The van der Waals surface area contributed by atoms with Crippen LogP contribution in [-0.2, 0) is 6.42 Å². The summed E-state index contributed by atoms with van der Waals surface area (Å²) >= 11 is 0. The van der Waals surface area contributed by atoms with E-state index in [1.54, 1.807) is 7.11 Å². The van der Waals surface area contributed by atoms with Crippen LogP contribution in [0.15, 0.2) is 48.5 Å². The van der Waals surface area contributed by atoms with Gasteiger partial charge in [0.2, 0.25) is 0 Å². The molecule has 0 aliphatic carbocycles. The summed E-state index contributed by atoms with van der Waals surface area (Å²) in [5, 5.41) is 0. The highest BCUT2D eigenvalue weighted by Gasteiger charge is 2.10. The summed E-state index contributed by atoms with van der Waals surface area (Å²) in [5.41, 5.74) is 8.53. The largest absolute Gasteiger partial charge is 0.496 e. The molecular weight excluding hydrogens is 262 g/mol. The third-order valence-electron chi connectivity index (χ3n) is 3.41. The topological polar surface area (TPSA) is 44.5 Å². The number of para-hydroxylation sites is 1. The lowest BCUT2D eigenvalue weighted by atomic mass is 9.99. The van der Waals surface area contributed by atoms with Crippen LogP contribution in [0.2, 0.25) is 0 Å². The Morgan fingerprint density at radius 3 is 2.43 bits per heavy atom. The average Bonchev–Trinajstić information content (AvgIpc) is 2.54. The zero-order valence-corrected chi connectivity index (χ0v) is 12.7. The second kappa shape index (κ2) is 7.70. The molecule has 0 spiro atoms. The van der Waals surface area contributed by atoms with Gasteiger partial charge in [-0.2, -0.15) is 0 Å². The molecule has 2 aromatic rings. The molecule has 1 atom stereocenters. The summed E-state index contributed by atoms with van der Waals surface area (Å²) in [6.07, 6.45) is 1.76. The molecule has 2 N–H and O–H groups in total. The Kier molecular flexibility index (Phi) is 5.64. The van der Waals surface area contributed by atoms with Crippen LogP contribution in [-0.4, -0.2) is 13.7 Å². The lowest BCUT2D eigenvalue weighted by Gasteiger charge is -2.15. The van der Waals surface area contributed by atoms with E-state index >= 15 is 0 Å². The monoisotopic (exact) mass is 285 g/mol. The van der Waals surface area contributed by atoms with E-state index in [0.717, 1.165) is 42.1 Å². The van der Waals surface area contributed by atoms with Crippen molar-refractivity contribution in [2.24, 2.45) is 5.73 Å². The summed E-state index contributed by atoms with van der Waals surface area (Å²) in [4.78, 5) is 0. The fourth-order valence-corrected chi connectivity index (χ4v) is 2.26. The fourth-order valence-electron chi connectivity index (χ4n) is 2.26. The van der Waals surface area contributed by atoms with E-state index in [2.05, 4.69) is 13.0 Å². The highest BCUT2D eigenvalue weighted by atomic mass is 16.5. The molecule has 0 bridgehead atoms. The van der Waals surface area contributed by atoms with E-state index in [9.17, 15) is 0 Å². The summed E-state index contributed by atoms with van der Waals surface area (Å²) in [5.74, 6) is 1.78. The molecule has 0 saturated heterocycles. The first-order chi connectivity index (χ1) is 10.2. The van der Waals surface area contributed by atoms with Crippen molar-refractivity contribution in [1.82, 2.24) is 0 Å². The zero-order chi connectivity index (χ0) is 15.1. The Morgan fingerprint density at radius 2 is 1.76 bits per heavy atom. The average molecular weight is 285 g/mol. The number of nitrogens with two attached hydrogens (primary N) is 1. The minimum Gasteiger partial charge on any atom is -0.496 e. The molecule has 112 valence electrons. The van der Waals surface area contributed by atoms with Crippen molar-refractivity contribution in [2.45, 2.75) is 25.8 Å². The number of hydrogen-bond acceptors (Lipinski definition) is 3. The van der Waals surface area contributed by atoms with E-state index in [1.807, 2.05) is 42.5 Å². The van der Waals surface area contributed by atoms with Gasteiger partial charge in [-0.05, 0) is 42.2 Å². The molecule has 1 unspecified atom stereocenters. The predicted octanol–water partition coefficient (Wildman–Crippen LogP) is 3.73. The molecule has 0 amide bonds. The van der Waals surface area contributed by atoms with Crippen molar-refractivity contribution < 1.29 is 9.47 Å². The predicted molar refractivity (Wildman–Crippen MR) is 85.9 cm³/mol. The van der Waals surface area contributed by atoms with Crippen molar-refractivity contribution in [2.75, 3.05) is 13.7 Å². The van der Waals surface area contributed by atoms with Crippen molar-refractivity contribution in [1.29, 1.82) is 0 Å². The number of rotatable bonds is 7. The maximum Gasteiger partial charge on any atom is 0.122 e. The van der Waals surface area contributed by atoms with Gasteiger partial charge in [0.05, 0.1) is 13.7 Å². The first-order valence-corrected chi connectivity index (χ1v) is 7.34. The van der Waals surface area contributed by atoms with E-state index < -0.39 is 0 Å². The molecule has 21 heavy (non-hydrogen) atoms. The first-order valence-electron chi connectivity index (χ1n) is 7.34. The lowest BCUT2D eigenvalue weighted by molar-refractivity contribution is 0.317. The Labute approximate surface area is 126 Å². The molecule has 0 radical (unpaired) electrons. The van der Waals surface area contributed by atoms with Gasteiger partial charge in [0, 0.05) is 6.04 Å². The van der Waals surface area contributed by atoms with Gasteiger partial charge in [0.1, 0.15) is 11.5 Å². The standard InChI is InChI=1S/C18H23NO2/c1-3-12-21-16-10-8-14(9-11-16)17(19)13-15-6-4-5-7-18(15)20-2/h4-11,17H,3,12-13,19H2,1-2H3. The van der Waals surface area contributed by atoms with E-state index in [4.69, 9.17) is 15.2 Å². The second-order valence-corrected chi connectivity index (χ2v) is 5.04. The minimum absolute atomic E-state index is 0.0541. The number of ether oxygens (including phenoxy) is 2. The van der Waals surface area contributed by atoms with E-state index in [1.165, 1.54) is 0 Å². The van der Waals surface area contributed by atoms with Crippen LogP contribution in [0.5, 0.6) is 11.5 Å². The molecule has 2 aromatic carbocycles. The van der Waals surface area contributed by atoms with Crippen LogP contribution in [0.3, 0.4) is 0 Å². The maximum atomic E-state index is 6.30. The third-order valence-corrected chi connectivity index (χ3v) is 3.41. The molecule has 0 aromatic heterocycles. The zero-order valence-electron chi connectivity index (χ0n) is 12.7. The molecule has 0 aliphatic rings. The smallest absolute Gasteiger partial charge is 0.122 e. The van der Waals surface area contributed by atoms with E-state index in [-0.39, 0.29) is 6.04 Å². The fraction of sp³-hybridized carbons (Fsp3) is 0.333. The summed E-state index contributed by atoms with van der Waals surface area (Å²) in [7, 11) is 1.68.